The van der Waals surface area contributed by atoms with E-state index in [4.69, 9.17) is 0 Å². The lowest BCUT2D eigenvalue weighted by Crippen LogP contribution is -2.16. The number of hydrogen-bond donors (Lipinski definition) is 1. The molecule has 0 spiro atoms. The maximum atomic E-state index is 13.8. The Bertz CT molecular complexity index is 466. The van der Waals surface area contributed by atoms with Gasteiger partial charge in [-0.15, -0.1) is 0 Å². The molecule has 0 aliphatic carbocycles. The van der Waals surface area contributed by atoms with Gasteiger partial charge in [-0.05, 0) is 30.7 Å². The minimum absolute atomic E-state index is 0.246. The summed E-state index contributed by atoms with van der Waals surface area (Å²) in [6, 6.07) is 6.89. The minimum atomic E-state index is -0.246. The third-order valence-corrected chi connectivity index (χ3v) is 2.55. The van der Waals surface area contributed by atoms with E-state index in [9.17, 15) is 4.39 Å². The molecule has 1 aromatic carbocycles. The maximum absolute atomic E-state index is 13.8. The lowest BCUT2D eigenvalue weighted by Gasteiger charge is -2.11. The zero-order valence-electron chi connectivity index (χ0n) is 9.86. The second kappa shape index (κ2) is 5.59. The van der Waals surface area contributed by atoms with Crippen molar-refractivity contribution >= 4 is 0 Å². The van der Waals surface area contributed by atoms with Crippen LogP contribution in [0.4, 0.5) is 4.39 Å². The molecule has 0 aliphatic heterocycles. The van der Waals surface area contributed by atoms with E-state index in [1.807, 2.05) is 6.07 Å². The van der Waals surface area contributed by atoms with Crippen molar-refractivity contribution in [1.29, 1.82) is 0 Å². The van der Waals surface area contributed by atoms with Crippen molar-refractivity contribution in [1.82, 2.24) is 15.1 Å². The quantitative estimate of drug-likeness (QED) is 0.804. The van der Waals surface area contributed by atoms with E-state index in [1.54, 1.807) is 29.2 Å². The number of nitrogens with zero attached hydrogens (tertiary/aromatic N) is 2. The molecule has 0 fully saturated rings. The highest BCUT2D eigenvalue weighted by Crippen LogP contribution is 2.17. The van der Waals surface area contributed by atoms with Crippen LogP contribution in [-0.4, -0.2) is 16.3 Å². The molecule has 1 aromatic heterocycles. The molecule has 0 radical (unpaired) electrons. The zero-order valence-corrected chi connectivity index (χ0v) is 9.86. The van der Waals surface area contributed by atoms with Gasteiger partial charge in [0.25, 0.3) is 0 Å². The SMILES string of the molecule is CCCNCc1cccc(F)c1-n1cccn1. The molecule has 1 N–H and O–H groups in total. The molecule has 0 saturated carbocycles. The summed E-state index contributed by atoms with van der Waals surface area (Å²) in [6.45, 7) is 3.68. The van der Waals surface area contributed by atoms with Gasteiger partial charge in [0.05, 0.1) is 0 Å². The molecule has 2 rings (SSSR count). The number of hydrogen-bond acceptors (Lipinski definition) is 2. The van der Waals surface area contributed by atoms with Gasteiger partial charge in [0.1, 0.15) is 11.5 Å². The van der Waals surface area contributed by atoms with Crippen LogP contribution < -0.4 is 5.32 Å². The topological polar surface area (TPSA) is 29.9 Å². The van der Waals surface area contributed by atoms with Gasteiger partial charge in [0, 0.05) is 18.9 Å². The van der Waals surface area contributed by atoms with Crippen molar-refractivity contribution in [2.45, 2.75) is 19.9 Å². The maximum Gasteiger partial charge on any atom is 0.149 e. The van der Waals surface area contributed by atoms with Crippen molar-refractivity contribution in [2.75, 3.05) is 6.54 Å². The fourth-order valence-corrected chi connectivity index (χ4v) is 1.76. The van der Waals surface area contributed by atoms with Gasteiger partial charge >= 0.3 is 0 Å². The van der Waals surface area contributed by atoms with Gasteiger partial charge < -0.3 is 5.32 Å². The van der Waals surface area contributed by atoms with E-state index < -0.39 is 0 Å². The summed E-state index contributed by atoms with van der Waals surface area (Å²) in [4.78, 5) is 0. The highest BCUT2D eigenvalue weighted by molar-refractivity contribution is 5.41. The minimum Gasteiger partial charge on any atom is -0.313 e. The van der Waals surface area contributed by atoms with Crippen molar-refractivity contribution in [3.63, 3.8) is 0 Å². The summed E-state index contributed by atoms with van der Waals surface area (Å²) in [5.74, 6) is -0.246. The predicted octanol–water partition coefficient (Wildman–Crippen LogP) is 2.51. The first-order valence-electron chi connectivity index (χ1n) is 5.81. The molecule has 3 nitrogen and oxygen atoms in total. The van der Waals surface area contributed by atoms with Crippen LogP contribution in [0, 0.1) is 5.82 Å². The molecule has 1 heterocycles. The van der Waals surface area contributed by atoms with Crippen LogP contribution in [0.3, 0.4) is 0 Å². The summed E-state index contributed by atoms with van der Waals surface area (Å²) < 4.78 is 15.4. The van der Waals surface area contributed by atoms with Crippen LogP contribution in [-0.2, 0) is 6.54 Å². The fourth-order valence-electron chi connectivity index (χ4n) is 1.76. The second-order valence-electron chi connectivity index (χ2n) is 3.87. The van der Waals surface area contributed by atoms with Gasteiger partial charge in [-0.25, -0.2) is 9.07 Å². The molecule has 0 atom stereocenters. The van der Waals surface area contributed by atoms with E-state index in [1.165, 1.54) is 6.07 Å². The van der Waals surface area contributed by atoms with Crippen LogP contribution >= 0.6 is 0 Å². The fraction of sp³-hybridized carbons (Fsp3) is 0.308. The Hall–Kier alpha value is -1.68. The van der Waals surface area contributed by atoms with Gasteiger partial charge in [-0.1, -0.05) is 19.1 Å². The summed E-state index contributed by atoms with van der Waals surface area (Å²) in [7, 11) is 0. The number of benzene rings is 1. The highest BCUT2D eigenvalue weighted by Gasteiger charge is 2.09. The van der Waals surface area contributed by atoms with E-state index in [-0.39, 0.29) is 5.82 Å². The van der Waals surface area contributed by atoms with Gasteiger partial charge in [0.2, 0.25) is 0 Å². The molecular weight excluding hydrogens is 217 g/mol. The van der Waals surface area contributed by atoms with Crippen LogP contribution in [0.25, 0.3) is 5.69 Å². The predicted molar refractivity (Wildman–Crippen MR) is 65.5 cm³/mol. The molecule has 0 saturated heterocycles. The molecule has 0 amide bonds. The molecule has 17 heavy (non-hydrogen) atoms. The molecular formula is C13H16FN3. The normalized spacial score (nSPS) is 10.7. The monoisotopic (exact) mass is 233 g/mol. The molecule has 2 aromatic rings. The Balaban J connectivity index is 2.29. The van der Waals surface area contributed by atoms with E-state index >= 15 is 0 Å². The Kier molecular flexibility index (Phi) is 3.88. The summed E-state index contributed by atoms with van der Waals surface area (Å²) >= 11 is 0. The van der Waals surface area contributed by atoms with E-state index in [2.05, 4.69) is 17.3 Å². The summed E-state index contributed by atoms with van der Waals surface area (Å²) in [6.07, 6.45) is 4.46. The van der Waals surface area contributed by atoms with Gasteiger partial charge in [-0.3, -0.25) is 0 Å². The highest BCUT2D eigenvalue weighted by atomic mass is 19.1. The summed E-state index contributed by atoms with van der Waals surface area (Å²) in [5.41, 5.74) is 1.45. The van der Waals surface area contributed by atoms with Crippen molar-refractivity contribution < 1.29 is 4.39 Å². The number of rotatable bonds is 5. The number of aromatic nitrogens is 2. The average molecular weight is 233 g/mol. The molecule has 4 heteroatoms. The van der Waals surface area contributed by atoms with Crippen molar-refractivity contribution in [3.05, 3.63) is 48.0 Å². The van der Waals surface area contributed by atoms with Crippen molar-refractivity contribution in [3.8, 4) is 5.69 Å². The third-order valence-electron chi connectivity index (χ3n) is 2.55. The van der Waals surface area contributed by atoms with Crippen LogP contribution in [0.1, 0.15) is 18.9 Å². The first kappa shape index (κ1) is 11.8. The number of nitrogens with one attached hydrogen (secondary N) is 1. The van der Waals surface area contributed by atoms with Gasteiger partial charge in [0.15, 0.2) is 0 Å². The second-order valence-corrected chi connectivity index (χ2v) is 3.87. The van der Waals surface area contributed by atoms with E-state index in [0.717, 1.165) is 18.5 Å². The molecule has 90 valence electrons. The standard InChI is InChI=1S/C13H16FN3/c1-2-7-15-10-11-5-3-6-12(14)13(11)17-9-4-8-16-17/h3-6,8-9,15H,2,7,10H2,1H3. The number of para-hydroxylation sites is 1. The first-order chi connectivity index (χ1) is 8.33. The Morgan fingerprint density at radius 2 is 2.24 bits per heavy atom. The molecule has 0 unspecified atom stereocenters. The largest absolute Gasteiger partial charge is 0.313 e. The van der Waals surface area contributed by atoms with Gasteiger partial charge in [-0.2, -0.15) is 5.10 Å². The van der Waals surface area contributed by atoms with Crippen LogP contribution in [0.5, 0.6) is 0 Å². The summed E-state index contributed by atoms with van der Waals surface area (Å²) in [5, 5.41) is 7.36. The smallest absolute Gasteiger partial charge is 0.149 e. The van der Waals surface area contributed by atoms with E-state index in [0.29, 0.717) is 12.2 Å². The average Bonchev–Trinajstić information content (AvgIpc) is 2.83. The molecule has 0 bridgehead atoms. The van der Waals surface area contributed by atoms with Crippen LogP contribution in [0.2, 0.25) is 0 Å². The zero-order chi connectivity index (χ0) is 12.1. The Labute approximate surface area is 100 Å². The Morgan fingerprint density at radius 1 is 1.35 bits per heavy atom. The lowest BCUT2D eigenvalue weighted by molar-refractivity contribution is 0.600. The van der Waals surface area contributed by atoms with Crippen LogP contribution in [0.15, 0.2) is 36.7 Å². The van der Waals surface area contributed by atoms with Crippen molar-refractivity contribution in [2.24, 2.45) is 0 Å². The Morgan fingerprint density at radius 3 is 2.94 bits per heavy atom. The third kappa shape index (κ3) is 2.71. The lowest BCUT2D eigenvalue weighted by atomic mass is 10.1. The number of halogens is 1. The molecule has 0 aliphatic rings. The first-order valence-corrected chi connectivity index (χ1v) is 5.81.